The molecule has 3 aliphatic heterocycles. The summed E-state index contributed by atoms with van der Waals surface area (Å²) in [6.45, 7) is 0.214. The van der Waals surface area contributed by atoms with E-state index in [9.17, 15) is 20.0 Å². The van der Waals surface area contributed by atoms with E-state index < -0.39 is 29.5 Å². The number of aliphatic carboxylic acids is 1. The van der Waals surface area contributed by atoms with Gasteiger partial charge in [0.25, 0.3) is 0 Å². The maximum absolute atomic E-state index is 12.8. The zero-order valence-corrected chi connectivity index (χ0v) is 11.4. The Bertz CT molecular complexity index is 766. The van der Waals surface area contributed by atoms with Crippen molar-refractivity contribution in [2.45, 2.75) is 11.7 Å². The molecule has 0 radical (unpaired) electrons. The molecule has 0 aliphatic carbocycles. The van der Waals surface area contributed by atoms with Crippen LogP contribution in [0.15, 0.2) is 36.4 Å². The lowest BCUT2D eigenvalue weighted by Crippen LogP contribution is -2.45. The van der Waals surface area contributed by atoms with Crippen molar-refractivity contribution in [3.63, 3.8) is 0 Å². The first kappa shape index (κ1) is 13.0. The molecule has 1 spiro atoms. The van der Waals surface area contributed by atoms with Gasteiger partial charge in [0.2, 0.25) is 5.91 Å². The fraction of sp³-hybridized carbons (Fsp3) is 0.312. The summed E-state index contributed by atoms with van der Waals surface area (Å²) in [5, 5.41) is 20.6. The van der Waals surface area contributed by atoms with E-state index in [1.807, 2.05) is 0 Å². The van der Waals surface area contributed by atoms with Crippen molar-refractivity contribution in [1.82, 2.24) is 0 Å². The molecule has 2 saturated heterocycles. The molecule has 22 heavy (non-hydrogen) atoms. The van der Waals surface area contributed by atoms with Gasteiger partial charge in [0.05, 0.1) is 29.8 Å². The van der Waals surface area contributed by atoms with Gasteiger partial charge < -0.3 is 19.5 Å². The molecule has 1 amide bonds. The summed E-state index contributed by atoms with van der Waals surface area (Å²) in [6, 6.07) is 8.81. The van der Waals surface area contributed by atoms with Crippen molar-refractivity contribution < 1.29 is 19.4 Å². The van der Waals surface area contributed by atoms with Crippen LogP contribution in [-0.4, -0.2) is 30.1 Å². The van der Waals surface area contributed by atoms with Crippen molar-refractivity contribution in [3.8, 4) is 6.07 Å². The minimum atomic E-state index is -1.27. The largest absolute Gasteiger partial charge is 0.550 e. The van der Waals surface area contributed by atoms with E-state index in [-0.39, 0.29) is 12.5 Å². The van der Waals surface area contributed by atoms with Crippen molar-refractivity contribution >= 4 is 17.6 Å². The molecule has 1 aromatic rings. The SMILES string of the molecule is N#Cc1ccccc1N1C[C@@]23C=C[C@@H](O2)[C@H](C(=O)[O-])[C@@H]3C1=O. The average Bonchev–Trinajstić information content (AvgIpc) is 3.15. The molecular weight excluding hydrogens is 284 g/mol. The lowest BCUT2D eigenvalue weighted by Gasteiger charge is -2.24. The zero-order chi connectivity index (χ0) is 15.5. The zero-order valence-electron chi connectivity index (χ0n) is 11.4. The van der Waals surface area contributed by atoms with E-state index in [0.29, 0.717) is 11.3 Å². The molecule has 6 heteroatoms. The fourth-order valence-corrected chi connectivity index (χ4v) is 3.77. The van der Waals surface area contributed by atoms with Crippen molar-refractivity contribution in [2.24, 2.45) is 11.8 Å². The highest BCUT2D eigenvalue weighted by molar-refractivity contribution is 6.03. The molecule has 2 fully saturated rings. The number of amides is 1. The Balaban J connectivity index is 1.79. The molecule has 0 N–H and O–H groups in total. The number of ether oxygens (including phenoxy) is 1. The Morgan fingerprint density at radius 2 is 2.23 bits per heavy atom. The molecule has 0 aromatic heterocycles. The Kier molecular flexibility index (Phi) is 2.48. The summed E-state index contributed by atoms with van der Waals surface area (Å²) < 4.78 is 5.78. The van der Waals surface area contributed by atoms with Crippen LogP contribution < -0.4 is 10.0 Å². The third-order valence-electron chi connectivity index (χ3n) is 4.69. The Morgan fingerprint density at radius 3 is 2.95 bits per heavy atom. The number of para-hydroxylation sites is 1. The van der Waals surface area contributed by atoms with Gasteiger partial charge >= 0.3 is 0 Å². The summed E-state index contributed by atoms with van der Waals surface area (Å²) in [5.41, 5.74) is -0.0678. The topological polar surface area (TPSA) is 93.5 Å². The average molecular weight is 295 g/mol. The van der Waals surface area contributed by atoms with Crippen LogP contribution in [0.25, 0.3) is 0 Å². The molecule has 1 aromatic carbocycles. The summed E-state index contributed by atoms with van der Waals surface area (Å²) in [5.74, 6) is -3.37. The summed E-state index contributed by atoms with van der Waals surface area (Å²) >= 11 is 0. The van der Waals surface area contributed by atoms with Crippen LogP contribution in [-0.2, 0) is 14.3 Å². The predicted octanol–water partition coefficient (Wildman–Crippen LogP) is -0.405. The lowest BCUT2D eigenvalue weighted by atomic mass is 9.77. The quantitative estimate of drug-likeness (QED) is 0.692. The van der Waals surface area contributed by atoms with E-state index >= 15 is 0 Å². The molecule has 3 aliphatic rings. The monoisotopic (exact) mass is 295 g/mol. The van der Waals surface area contributed by atoms with Gasteiger partial charge in [-0.05, 0) is 12.1 Å². The molecule has 6 nitrogen and oxygen atoms in total. The van der Waals surface area contributed by atoms with Crippen LogP contribution in [0.2, 0.25) is 0 Å². The van der Waals surface area contributed by atoms with Crippen LogP contribution in [0, 0.1) is 23.2 Å². The van der Waals surface area contributed by atoms with Gasteiger partial charge in [-0.3, -0.25) is 4.79 Å². The van der Waals surface area contributed by atoms with Gasteiger partial charge in [-0.25, -0.2) is 0 Å². The van der Waals surface area contributed by atoms with Crippen LogP contribution in [0.5, 0.6) is 0 Å². The van der Waals surface area contributed by atoms with E-state index in [4.69, 9.17) is 4.74 Å². The highest BCUT2D eigenvalue weighted by Crippen LogP contribution is 2.52. The number of nitriles is 1. The number of benzene rings is 1. The third-order valence-corrected chi connectivity index (χ3v) is 4.69. The lowest BCUT2D eigenvalue weighted by molar-refractivity contribution is -0.313. The molecule has 110 valence electrons. The van der Waals surface area contributed by atoms with Crippen molar-refractivity contribution in [3.05, 3.63) is 42.0 Å². The first-order chi connectivity index (χ1) is 10.6. The third kappa shape index (κ3) is 1.46. The maximum Gasteiger partial charge on any atom is 0.234 e. The second kappa shape index (κ2) is 4.18. The highest BCUT2D eigenvalue weighted by Gasteiger charge is 2.65. The first-order valence-corrected chi connectivity index (χ1v) is 6.96. The Labute approximate surface area is 126 Å². The summed E-state index contributed by atoms with van der Waals surface area (Å²) in [4.78, 5) is 25.6. The minimum Gasteiger partial charge on any atom is -0.550 e. The number of rotatable bonds is 2. The molecule has 4 atom stereocenters. The molecular formula is C16H11N2O4-. The predicted molar refractivity (Wildman–Crippen MR) is 72.2 cm³/mol. The smallest absolute Gasteiger partial charge is 0.234 e. The second-order valence-electron chi connectivity index (χ2n) is 5.77. The van der Waals surface area contributed by atoms with Gasteiger partial charge in [0, 0.05) is 11.9 Å². The van der Waals surface area contributed by atoms with Gasteiger partial charge in [0.15, 0.2) is 0 Å². The van der Waals surface area contributed by atoms with Gasteiger partial charge in [-0.15, -0.1) is 0 Å². The van der Waals surface area contributed by atoms with Crippen LogP contribution >= 0.6 is 0 Å². The molecule has 3 heterocycles. The molecule has 0 unspecified atom stereocenters. The van der Waals surface area contributed by atoms with Gasteiger partial charge in [0.1, 0.15) is 11.7 Å². The number of carbonyl (C=O) groups excluding carboxylic acids is 2. The Hall–Kier alpha value is -2.65. The number of fused-ring (bicyclic) bond motifs is 1. The number of carboxylic acids is 1. The fourth-order valence-electron chi connectivity index (χ4n) is 3.77. The number of carbonyl (C=O) groups is 2. The summed E-state index contributed by atoms with van der Waals surface area (Å²) in [6.07, 6.45) is 2.85. The van der Waals surface area contributed by atoms with Crippen LogP contribution in [0.3, 0.4) is 0 Å². The second-order valence-corrected chi connectivity index (χ2v) is 5.77. The van der Waals surface area contributed by atoms with Crippen LogP contribution in [0.1, 0.15) is 5.56 Å². The maximum atomic E-state index is 12.8. The van der Waals surface area contributed by atoms with Gasteiger partial charge in [-0.1, -0.05) is 24.3 Å². The molecule has 2 bridgehead atoms. The van der Waals surface area contributed by atoms with Crippen LogP contribution in [0.4, 0.5) is 5.69 Å². The Morgan fingerprint density at radius 1 is 1.45 bits per heavy atom. The van der Waals surface area contributed by atoms with E-state index in [1.165, 1.54) is 4.90 Å². The minimum absolute atomic E-state index is 0.214. The standard InChI is InChI=1S/C16H12N2O4/c17-7-9-3-1-2-4-10(9)18-8-16-6-5-11(22-16)12(15(20)21)13(16)14(18)19/h1-6,11-13H,8H2,(H,20,21)/p-1/t11-,12+,13-,16-/m1/s1. The number of hydrogen-bond acceptors (Lipinski definition) is 5. The van der Waals surface area contributed by atoms with E-state index in [1.54, 1.807) is 36.4 Å². The van der Waals surface area contributed by atoms with E-state index in [0.717, 1.165) is 0 Å². The number of carboxylic acid groups (broad SMARTS) is 1. The van der Waals surface area contributed by atoms with E-state index in [2.05, 4.69) is 6.07 Å². The van der Waals surface area contributed by atoms with Crippen molar-refractivity contribution in [1.29, 1.82) is 5.26 Å². The molecule has 4 rings (SSSR count). The highest BCUT2D eigenvalue weighted by atomic mass is 16.5. The first-order valence-electron chi connectivity index (χ1n) is 6.96. The van der Waals surface area contributed by atoms with Gasteiger partial charge in [-0.2, -0.15) is 5.26 Å². The molecule has 0 saturated carbocycles. The number of anilines is 1. The van der Waals surface area contributed by atoms with Crippen molar-refractivity contribution in [2.75, 3.05) is 11.4 Å². The summed E-state index contributed by atoms with van der Waals surface area (Å²) in [7, 11) is 0. The number of nitrogens with zero attached hydrogens (tertiary/aromatic N) is 2. The number of hydrogen-bond donors (Lipinski definition) is 0. The normalized spacial score (nSPS) is 34.8.